The molecule has 0 saturated carbocycles. The van der Waals surface area contributed by atoms with Gasteiger partial charge in [-0.25, -0.2) is 4.98 Å². The number of amides is 1. The third-order valence-corrected chi connectivity index (χ3v) is 2.41. The number of carbonyl (C=O) groups excluding carboxylic acids is 1. The van der Waals surface area contributed by atoms with Crippen LogP contribution >= 0.6 is 0 Å². The van der Waals surface area contributed by atoms with E-state index in [0.29, 0.717) is 31.1 Å². The predicted octanol–water partition coefficient (Wildman–Crippen LogP) is 1.68. The summed E-state index contributed by atoms with van der Waals surface area (Å²) in [5.74, 6) is 0.120. The van der Waals surface area contributed by atoms with Gasteiger partial charge in [0.25, 0.3) is 5.91 Å². The van der Waals surface area contributed by atoms with Crippen LogP contribution in [0.4, 0.5) is 5.69 Å². The van der Waals surface area contributed by atoms with Gasteiger partial charge in [-0.3, -0.25) is 4.79 Å². The van der Waals surface area contributed by atoms with Gasteiger partial charge in [0.2, 0.25) is 0 Å². The van der Waals surface area contributed by atoms with Crippen molar-refractivity contribution in [3.8, 4) is 6.07 Å². The van der Waals surface area contributed by atoms with Gasteiger partial charge in [-0.05, 0) is 18.1 Å². The van der Waals surface area contributed by atoms with E-state index < -0.39 is 0 Å². The first kappa shape index (κ1) is 14.0. The van der Waals surface area contributed by atoms with Gasteiger partial charge in [-0.15, -0.1) is 0 Å². The van der Waals surface area contributed by atoms with Crippen LogP contribution in [0.5, 0.6) is 0 Å². The highest BCUT2D eigenvalue weighted by atomic mass is 16.2. The summed E-state index contributed by atoms with van der Waals surface area (Å²) in [5.41, 5.74) is 6.37. The normalized spacial score (nSPS) is 10.1. The van der Waals surface area contributed by atoms with Crippen molar-refractivity contribution in [2.24, 2.45) is 5.92 Å². The Morgan fingerprint density at radius 2 is 2.33 bits per heavy atom. The van der Waals surface area contributed by atoms with Gasteiger partial charge < -0.3 is 10.6 Å². The lowest BCUT2D eigenvalue weighted by Crippen LogP contribution is -2.35. The number of carbonyl (C=O) groups is 1. The van der Waals surface area contributed by atoms with Crippen molar-refractivity contribution in [2.45, 2.75) is 20.3 Å². The Morgan fingerprint density at radius 1 is 1.61 bits per heavy atom. The quantitative estimate of drug-likeness (QED) is 0.856. The molecular formula is C13H18N4O. The summed E-state index contributed by atoms with van der Waals surface area (Å²) in [5, 5.41) is 8.63. The molecule has 0 saturated heterocycles. The van der Waals surface area contributed by atoms with Crippen LogP contribution in [0.3, 0.4) is 0 Å². The Balaban J connectivity index is 2.88. The van der Waals surface area contributed by atoms with Crippen LogP contribution in [-0.4, -0.2) is 28.9 Å². The van der Waals surface area contributed by atoms with Crippen LogP contribution in [0.1, 0.15) is 30.8 Å². The van der Waals surface area contributed by atoms with E-state index in [1.165, 1.54) is 0 Å². The third-order valence-electron chi connectivity index (χ3n) is 2.41. The standard InChI is InChI=1S/C13H18N4O/c1-10(2)9-17(8-4-6-14)13(18)12-11(15)5-3-7-16-12/h3,5,7,10H,4,8-9,15H2,1-2H3. The third kappa shape index (κ3) is 3.74. The molecule has 1 aromatic rings. The van der Waals surface area contributed by atoms with Crippen LogP contribution in [0, 0.1) is 17.2 Å². The van der Waals surface area contributed by atoms with E-state index in [1.807, 2.05) is 19.9 Å². The number of anilines is 1. The number of nitriles is 1. The van der Waals surface area contributed by atoms with Gasteiger partial charge in [-0.2, -0.15) is 5.26 Å². The molecule has 96 valence electrons. The molecule has 1 heterocycles. The summed E-state index contributed by atoms with van der Waals surface area (Å²) in [6.07, 6.45) is 1.85. The Hall–Kier alpha value is -2.09. The number of rotatable bonds is 5. The highest BCUT2D eigenvalue weighted by Gasteiger charge is 2.19. The lowest BCUT2D eigenvalue weighted by atomic mass is 10.2. The Bertz CT molecular complexity index is 451. The Labute approximate surface area is 107 Å². The summed E-state index contributed by atoms with van der Waals surface area (Å²) in [6.45, 7) is 5.04. The first-order valence-electron chi connectivity index (χ1n) is 5.93. The topological polar surface area (TPSA) is 83.0 Å². The van der Waals surface area contributed by atoms with Crippen molar-refractivity contribution in [1.82, 2.24) is 9.88 Å². The minimum absolute atomic E-state index is 0.211. The molecule has 1 aromatic heterocycles. The largest absolute Gasteiger partial charge is 0.397 e. The molecule has 18 heavy (non-hydrogen) atoms. The number of nitrogens with two attached hydrogens (primary N) is 1. The molecule has 0 spiro atoms. The lowest BCUT2D eigenvalue weighted by molar-refractivity contribution is 0.0735. The molecule has 0 aliphatic carbocycles. The summed E-state index contributed by atoms with van der Waals surface area (Å²) in [6, 6.07) is 5.39. The second kappa shape index (κ2) is 6.60. The highest BCUT2D eigenvalue weighted by Crippen LogP contribution is 2.12. The van der Waals surface area contributed by atoms with Gasteiger partial charge in [0.1, 0.15) is 0 Å². The van der Waals surface area contributed by atoms with Gasteiger partial charge in [0, 0.05) is 19.3 Å². The SMILES string of the molecule is CC(C)CN(CCC#N)C(=O)c1ncccc1N. The van der Waals surface area contributed by atoms with Crippen molar-refractivity contribution in [2.75, 3.05) is 18.8 Å². The van der Waals surface area contributed by atoms with E-state index in [9.17, 15) is 4.79 Å². The molecule has 0 radical (unpaired) electrons. The minimum Gasteiger partial charge on any atom is -0.397 e. The molecule has 0 aromatic carbocycles. The zero-order chi connectivity index (χ0) is 13.5. The fourth-order valence-corrected chi connectivity index (χ4v) is 1.65. The second-order valence-corrected chi connectivity index (χ2v) is 4.49. The maximum Gasteiger partial charge on any atom is 0.274 e. The van der Waals surface area contributed by atoms with Crippen LogP contribution < -0.4 is 5.73 Å². The van der Waals surface area contributed by atoms with Gasteiger partial charge in [-0.1, -0.05) is 13.8 Å². The van der Waals surface area contributed by atoms with Crippen molar-refractivity contribution in [3.05, 3.63) is 24.0 Å². The summed E-state index contributed by atoms with van der Waals surface area (Å²) >= 11 is 0. The Morgan fingerprint density at radius 3 is 2.89 bits per heavy atom. The van der Waals surface area contributed by atoms with E-state index in [-0.39, 0.29) is 11.6 Å². The van der Waals surface area contributed by atoms with E-state index in [2.05, 4.69) is 4.98 Å². The summed E-state index contributed by atoms with van der Waals surface area (Å²) < 4.78 is 0. The van der Waals surface area contributed by atoms with E-state index in [1.54, 1.807) is 23.2 Å². The van der Waals surface area contributed by atoms with Crippen molar-refractivity contribution in [1.29, 1.82) is 5.26 Å². The number of aromatic nitrogens is 1. The Kier molecular flexibility index (Phi) is 5.12. The summed E-state index contributed by atoms with van der Waals surface area (Å²) in [4.78, 5) is 17.9. The monoisotopic (exact) mass is 246 g/mol. The van der Waals surface area contributed by atoms with E-state index in [4.69, 9.17) is 11.0 Å². The number of hydrogen-bond donors (Lipinski definition) is 1. The first-order valence-corrected chi connectivity index (χ1v) is 5.93. The van der Waals surface area contributed by atoms with Crippen LogP contribution in [-0.2, 0) is 0 Å². The first-order chi connectivity index (χ1) is 8.56. The molecule has 5 heteroatoms. The fraction of sp³-hybridized carbons (Fsp3) is 0.462. The highest BCUT2D eigenvalue weighted by molar-refractivity contribution is 5.97. The van der Waals surface area contributed by atoms with E-state index >= 15 is 0 Å². The van der Waals surface area contributed by atoms with Crippen LogP contribution in [0.2, 0.25) is 0 Å². The summed E-state index contributed by atoms with van der Waals surface area (Å²) in [7, 11) is 0. The average molecular weight is 246 g/mol. The molecule has 2 N–H and O–H groups in total. The maximum absolute atomic E-state index is 12.3. The van der Waals surface area contributed by atoms with Crippen LogP contribution in [0.15, 0.2) is 18.3 Å². The number of pyridine rings is 1. The molecule has 0 fully saturated rings. The maximum atomic E-state index is 12.3. The van der Waals surface area contributed by atoms with E-state index in [0.717, 1.165) is 0 Å². The van der Waals surface area contributed by atoms with Crippen molar-refractivity contribution >= 4 is 11.6 Å². The number of nitrogen functional groups attached to an aromatic ring is 1. The smallest absolute Gasteiger partial charge is 0.274 e. The van der Waals surface area contributed by atoms with Gasteiger partial charge in [0.15, 0.2) is 5.69 Å². The number of nitrogens with zero attached hydrogens (tertiary/aromatic N) is 3. The van der Waals surface area contributed by atoms with Gasteiger partial charge >= 0.3 is 0 Å². The van der Waals surface area contributed by atoms with Crippen molar-refractivity contribution < 1.29 is 4.79 Å². The molecule has 0 bridgehead atoms. The number of hydrogen-bond acceptors (Lipinski definition) is 4. The molecule has 0 atom stereocenters. The fourth-order valence-electron chi connectivity index (χ4n) is 1.65. The molecular weight excluding hydrogens is 228 g/mol. The molecule has 5 nitrogen and oxygen atoms in total. The zero-order valence-corrected chi connectivity index (χ0v) is 10.8. The second-order valence-electron chi connectivity index (χ2n) is 4.49. The molecule has 0 aliphatic heterocycles. The average Bonchev–Trinajstić information content (AvgIpc) is 2.34. The predicted molar refractivity (Wildman–Crippen MR) is 69.6 cm³/mol. The molecule has 1 amide bonds. The molecule has 0 aliphatic rings. The van der Waals surface area contributed by atoms with Crippen LogP contribution in [0.25, 0.3) is 0 Å². The molecule has 0 unspecified atom stereocenters. The lowest BCUT2D eigenvalue weighted by Gasteiger charge is -2.23. The zero-order valence-electron chi connectivity index (χ0n) is 10.8. The van der Waals surface area contributed by atoms with Crippen molar-refractivity contribution in [3.63, 3.8) is 0 Å². The molecule has 1 rings (SSSR count). The minimum atomic E-state index is -0.211. The van der Waals surface area contributed by atoms with Gasteiger partial charge in [0.05, 0.1) is 18.2 Å².